The zero-order valence-corrected chi connectivity index (χ0v) is 15.9. The normalized spacial score (nSPS) is 14.8. The van der Waals surface area contributed by atoms with Gasteiger partial charge in [0.1, 0.15) is 10.9 Å². The van der Waals surface area contributed by atoms with Crippen molar-refractivity contribution in [1.82, 2.24) is 9.55 Å². The summed E-state index contributed by atoms with van der Waals surface area (Å²) in [5.74, 6) is -0.301. The van der Waals surface area contributed by atoms with Gasteiger partial charge in [0, 0.05) is 4.88 Å². The number of hydrogen-bond donors (Lipinski definition) is 1. The van der Waals surface area contributed by atoms with Crippen molar-refractivity contribution in [2.75, 3.05) is 5.32 Å². The zero-order valence-electron chi connectivity index (χ0n) is 14.3. The van der Waals surface area contributed by atoms with Crippen molar-refractivity contribution in [1.29, 1.82) is 0 Å². The Labute approximate surface area is 159 Å². The minimum Gasteiger partial charge on any atom is -0.323 e. The predicted octanol–water partition coefficient (Wildman–Crippen LogP) is 4.19. The van der Waals surface area contributed by atoms with Crippen LogP contribution in [0, 0.1) is 0 Å². The molecule has 0 saturated heterocycles. The van der Waals surface area contributed by atoms with Gasteiger partial charge in [-0.05, 0) is 50.3 Å². The number of thiophene rings is 1. The molecule has 0 unspecified atom stereocenters. The minimum absolute atomic E-state index is 0.142. The first-order valence-electron chi connectivity index (χ1n) is 8.63. The molecule has 0 radical (unpaired) electrons. The van der Waals surface area contributed by atoms with E-state index < -0.39 is 6.04 Å². The molecule has 0 saturated carbocycles. The first-order chi connectivity index (χ1) is 12.6. The molecule has 0 fully saturated rings. The second-order valence-electron chi connectivity index (χ2n) is 6.49. The van der Waals surface area contributed by atoms with E-state index in [2.05, 4.69) is 10.3 Å². The maximum absolute atomic E-state index is 13.1. The summed E-state index contributed by atoms with van der Waals surface area (Å²) in [5, 5.41) is 3.93. The molecule has 2 heterocycles. The first kappa shape index (κ1) is 17.2. The number of benzene rings is 1. The summed E-state index contributed by atoms with van der Waals surface area (Å²) in [6.45, 7) is 1.69. The van der Waals surface area contributed by atoms with E-state index in [0.29, 0.717) is 16.1 Å². The van der Waals surface area contributed by atoms with E-state index in [0.717, 1.165) is 36.1 Å². The molecule has 0 bridgehead atoms. The summed E-state index contributed by atoms with van der Waals surface area (Å²) in [5.41, 5.74) is 1.51. The van der Waals surface area contributed by atoms with Crippen LogP contribution in [0.4, 0.5) is 5.69 Å². The minimum atomic E-state index is -0.685. The molecule has 3 aromatic rings. The first-order valence-corrected chi connectivity index (χ1v) is 9.82. The molecule has 1 aromatic carbocycles. The molecule has 134 valence electrons. The van der Waals surface area contributed by atoms with Crippen molar-refractivity contribution in [3.05, 3.63) is 56.4 Å². The fraction of sp³-hybridized carbons (Fsp3) is 0.316. The van der Waals surface area contributed by atoms with Crippen LogP contribution in [0.2, 0.25) is 5.02 Å². The van der Waals surface area contributed by atoms with Gasteiger partial charge >= 0.3 is 0 Å². The lowest BCUT2D eigenvalue weighted by molar-refractivity contribution is -0.118. The van der Waals surface area contributed by atoms with Crippen molar-refractivity contribution < 1.29 is 4.79 Å². The number of aromatic nitrogens is 2. The van der Waals surface area contributed by atoms with Crippen LogP contribution < -0.4 is 10.9 Å². The standard InChI is InChI=1S/C19H18ClN3O2S/c1-11(17(24)22-14-8-4-3-7-13(14)20)23-10-21-18-16(19(23)25)12-6-2-5-9-15(12)26-18/h3-4,7-8,10-11H,2,5-6,9H2,1H3,(H,22,24)/t11-/m1/s1. The average Bonchev–Trinajstić information content (AvgIpc) is 3.02. The summed E-state index contributed by atoms with van der Waals surface area (Å²) in [4.78, 5) is 32.2. The van der Waals surface area contributed by atoms with Gasteiger partial charge in [-0.25, -0.2) is 4.98 Å². The van der Waals surface area contributed by atoms with Crippen LogP contribution in [0.3, 0.4) is 0 Å². The summed E-state index contributed by atoms with van der Waals surface area (Å²) in [7, 11) is 0. The maximum atomic E-state index is 13.1. The number of fused-ring (bicyclic) bond motifs is 3. The zero-order chi connectivity index (χ0) is 18.3. The number of rotatable bonds is 3. The van der Waals surface area contributed by atoms with Gasteiger partial charge in [0.2, 0.25) is 5.91 Å². The van der Waals surface area contributed by atoms with Gasteiger partial charge < -0.3 is 5.32 Å². The van der Waals surface area contributed by atoms with Crippen molar-refractivity contribution in [2.24, 2.45) is 0 Å². The lowest BCUT2D eigenvalue weighted by Gasteiger charge is -2.16. The Bertz CT molecular complexity index is 1060. The van der Waals surface area contributed by atoms with Gasteiger partial charge in [0.25, 0.3) is 5.56 Å². The monoisotopic (exact) mass is 387 g/mol. The van der Waals surface area contributed by atoms with E-state index >= 15 is 0 Å². The Morgan fingerprint density at radius 1 is 1.31 bits per heavy atom. The Morgan fingerprint density at radius 2 is 2.08 bits per heavy atom. The average molecular weight is 388 g/mol. The Balaban J connectivity index is 1.70. The molecule has 0 spiro atoms. The van der Waals surface area contributed by atoms with Crippen molar-refractivity contribution >= 4 is 44.7 Å². The van der Waals surface area contributed by atoms with Gasteiger partial charge in [0.05, 0.1) is 22.4 Å². The van der Waals surface area contributed by atoms with Crippen molar-refractivity contribution in [3.63, 3.8) is 0 Å². The fourth-order valence-electron chi connectivity index (χ4n) is 3.36. The van der Waals surface area contributed by atoms with Crippen LogP contribution in [0.1, 0.15) is 36.2 Å². The third-order valence-corrected chi connectivity index (χ3v) is 6.36. The van der Waals surface area contributed by atoms with Gasteiger partial charge in [-0.15, -0.1) is 11.3 Å². The highest BCUT2D eigenvalue weighted by Gasteiger charge is 2.23. The SMILES string of the molecule is C[C@H](C(=O)Nc1ccccc1Cl)n1cnc2sc3c(c2c1=O)CCCC3. The van der Waals surface area contributed by atoms with Crippen LogP contribution >= 0.6 is 22.9 Å². The molecule has 2 aromatic heterocycles. The molecule has 1 atom stereocenters. The van der Waals surface area contributed by atoms with Gasteiger partial charge in [-0.1, -0.05) is 23.7 Å². The highest BCUT2D eigenvalue weighted by atomic mass is 35.5. The number of aryl methyl sites for hydroxylation is 2. The highest BCUT2D eigenvalue weighted by molar-refractivity contribution is 7.18. The number of carbonyl (C=O) groups is 1. The maximum Gasteiger partial charge on any atom is 0.263 e. The molecular weight excluding hydrogens is 370 g/mol. The van der Waals surface area contributed by atoms with Gasteiger partial charge in [0.15, 0.2) is 0 Å². The molecule has 1 amide bonds. The molecular formula is C19H18ClN3O2S. The Hall–Kier alpha value is -2.18. The van der Waals surface area contributed by atoms with Crippen LogP contribution in [-0.4, -0.2) is 15.5 Å². The largest absolute Gasteiger partial charge is 0.323 e. The smallest absolute Gasteiger partial charge is 0.263 e. The second kappa shape index (κ2) is 6.85. The molecule has 0 aliphatic heterocycles. The number of anilines is 1. The van der Waals surface area contributed by atoms with E-state index in [1.807, 2.05) is 0 Å². The lowest BCUT2D eigenvalue weighted by atomic mass is 9.97. The van der Waals surface area contributed by atoms with Crippen LogP contribution in [0.25, 0.3) is 10.2 Å². The molecule has 1 aliphatic carbocycles. The summed E-state index contributed by atoms with van der Waals surface area (Å²) >= 11 is 7.70. The second-order valence-corrected chi connectivity index (χ2v) is 7.98. The number of nitrogens with one attached hydrogen (secondary N) is 1. The van der Waals surface area contributed by atoms with Crippen molar-refractivity contribution in [3.8, 4) is 0 Å². The quantitative estimate of drug-likeness (QED) is 0.732. The molecule has 5 nitrogen and oxygen atoms in total. The summed E-state index contributed by atoms with van der Waals surface area (Å²) in [6, 6.07) is 6.34. The third-order valence-electron chi connectivity index (χ3n) is 4.83. The van der Waals surface area contributed by atoms with Gasteiger partial charge in [-0.3, -0.25) is 14.2 Å². The number of carbonyl (C=O) groups excluding carboxylic acids is 1. The van der Waals surface area contributed by atoms with E-state index in [1.165, 1.54) is 15.8 Å². The van der Waals surface area contributed by atoms with E-state index in [1.54, 1.807) is 42.5 Å². The predicted molar refractivity (Wildman–Crippen MR) is 105 cm³/mol. The topological polar surface area (TPSA) is 64.0 Å². The summed E-state index contributed by atoms with van der Waals surface area (Å²) in [6.07, 6.45) is 5.65. The van der Waals surface area contributed by atoms with Crippen LogP contribution in [0.15, 0.2) is 35.4 Å². The Kier molecular flexibility index (Phi) is 4.54. The van der Waals surface area contributed by atoms with E-state index in [4.69, 9.17) is 11.6 Å². The number of halogens is 1. The lowest BCUT2D eigenvalue weighted by Crippen LogP contribution is -2.32. The third kappa shape index (κ3) is 2.93. The summed E-state index contributed by atoms with van der Waals surface area (Å²) < 4.78 is 1.41. The number of para-hydroxylation sites is 1. The molecule has 26 heavy (non-hydrogen) atoms. The molecule has 1 aliphatic rings. The van der Waals surface area contributed by atoms with Crippen LogP contribution in [0.5, 0.6) is 0 Å². The highest BCUT2D eigenvalue weighted by Crippen LogP contribution is 2.33. The fourth-order valence-corrected chi connectivity index (χ4v) is 4.76. The molecule has 4 rings (SSSR count). The Morgan fingerprint density at radius 3 is 2.88 bits per heavy atom. The van der Waals surface area contributed by atoms with Crippen molar-refractivity contribution in [2.45, 2.75) is 38.6 Å². The number of amides is 1. The van der Waals surface area contributed by atoms with E-state index in [-0.39, 0.29) is 11.5 Å². The number of hydrogen-bond acceptors (Lipinski definition) is 4. The number of nitrogens with zero attached hydrogens (tertiary/aromatic N) is 2. The van der Waals surface area contributed by atoms with Gasteiger partial charge in [-0.2, -0.15) is 0 Å². The molecule has 1 N–H and O–H groups in total. The van der Waals surface area contributed by atoms with E-state index in [9.17, 15) is 9.59 Å². The molecule has 7 heteroatoms. The van der Waals surface area contributed by atoms with Crippen LogP contribution in [-0.2, 0) is 17.6 Å².